The molecule has 0 atom stereocenters. The Hall–Kier alpha value is -2.09. The molecule has 28 heavy (non-hydrogen) atoms. The topological polar surface area (TPSA) is 92.9 Å². The molecule has 7 heteroatoms. The van der Waals surface area contributed by atoms with Crippen LogP contribution in [0.3, 0.4) is 0 Å². The third-order valence-corrected chi connectivity index (χ3v) is 5.37. The van der Waals surface area contributed by atoms with E-state index in [-0.39, 0.29) is 17.3 Å². The van der Waals surface area contributed by atoms with Gasteiger partial charge in [-0.1, -0.05) is 44.9 Å². The number of ether oxygens (including phenoxy) is 1. The number of hydrogen-bond acceptors (Lipinski definition) is 5. The molecule has 154 valence electrons. The fourth-order valence-electron chi connectivity index (χ4n) is 2.94. The predicted octanol–water partition coefficient (Wildman–Crippen LogP) is 4.03. The maximum Gasteiger partial charge on any atom is 0.241 e. The molecule has 0 spiro atoms. The van der Waals surface area contributed by atoms with Gasteiger partial charge in [-0.2, -0.15) is 0 Å². The first-order valence-corrected chi connectivity index (χ1v) is 11.2. The lowest BCUT2D eigenvalue weighted by Crippen LogP contribution is -2.27. The van der Waals surface area contributed by atoms with Crippen molar-refractivity contribution in [2.75, 3.05) is 18.0 Å². The van der Waals surface area contributed by atoms with E-state index in [1.165, 1.54) is 6.07 Å². The molecule has 0 aliphatic heterocycles. The molecule has 0 saturated heterocycles. The Bertz CT molecular complexity index is 846. The lowest BCUT2D eigenvalue weighted by Gasteiger charge is -2.28. The van der Waals surface area contributed by atoms with Crippen LogP contribution >= 0.6 is 0 Å². The largest absolute Gasteiger partial charge is 0.454 e. The Morgan fingerprint density at radius 1 is 1.04 bits per heavy atom. The van der Waals surface area contributed by atoms with Gasteiger partial charge in [-0.25, -0.2) is 13.6 Å². The van der Waals surface area contributed by atoms with E-state index in [1.54, 1.807) is 18.2 Å². The number of para-hydroxylation sites is 1. The first-order valence-electron chi connectivity index (χ1n) is 9.69. The summed E-state index contributed by atoms with van der Waals surface area (Å²) in [7, 11) is -4.05. The SMILES string of the molecule is CCCCN(CCCC)c1cc(CO)cc(S(N)(=O)=O)c1Oc1ccccc1. The van der Waals surface area contributed by atoms with Crippen molar-refractivity contribution in [1.82, 2.24) is 0 Å². The summed E-state index contributed by atoms with van der Waals surface area (Å²) in [5.41, 5.74) is 1.12. The number of primary sulfonamides is 1. The highest BCUT2D eigenvalue weighted by Gasteiger charge is 2.24. The highest BCUT2D eigenvalue weighted by Crippen LogP contribution is 2.39. The van der Waals surface area contributed by atoms with Gasteiger partial charge in [0, 0.05) is 13.1 Å². The van der Waals surface area contributed by atoms with E-state index in [1.807, 2.05) is 18.2 Å². The van der Waals surface area contributed by atoms with Crippen LogP contribution < -0.4 is 14.8 Å². The maximum absolute atomic E-state index is 12.3. The Morgan fingerprint density at radius 3 is 2.14 bits per heavy atom. The van der Waals surface area contributed by atoms with E-state index in [2.05, 4.69) is 18.7 Å². The molecule has 0 bridgehead atoms. The van der Waals surface area contributed by atoms with Crippen LogP contribution in [0.15, 0.2) is 47.4 Å². The number of aliphatic hydroxyl groups is 1. The highest BCUT2D eigenvalue weighted by atomic mass is 32.2. The summed E-state index contributed by atoms with van der Waals surface area (Å²) in [6, 6.07) is 12.2. The second kappa shape index (κ2) is 10.5. The average molecular weight is 407 g/mol. The lowest BCUT2D eigenvalue weighted by atomic mass is 10.1. The fraction of sp³-hybridized carbons (Fsp3) is 0.429. The van der Waals surface area contributed by atoms with Crippen LogP contribution in [0.5, 0.6) is 11.5 Å². The molecule has 2 aromatic rings. The Labute approximate surface area is 168 Å². The number of hydrogen-bond donors (Lipinski definition) is 2. The Morgan fingerprint density at radius 2 is 1.64 bits per heavy atom. The maximum atomic E-state index is 12.3. The zero-order valence-corrected chi connectivity index (χ0v) is 17.4. The van der Waals surface area contributed by atoms with Gasteiger partial charge in [0.2, 0.25) is 10.0 Å². The summed E-state index contributed by atoms with van der Waals surface area (Å²) in [5, 5.41) is 15.2. The number of nitrogens with two attached hydrogens (primary N) is 1. The third kappa shape index (κ3) is 5.95. The predicted molar refractivity (Wildman–Crippen MR) is 112 cm³/mol. The van der Waals surface area contributed by atoms with Crippen LogP contribution in [-0.4, -0.2) is 26.6 Å². The van der Waals surface area contributed by atoms with E-state index in [4.69, 9.17) is 9.88 Å². The Kier molecular flexibility index (Phi) is 8.29. The zero-order valence-electron chi connectivity index (χ0n) is 16.6. The number of nitrogens with zero attached hydrogens (tertiary/aromatic N) is 1. The molecule has 2 aromatic carbocycles. The van der Waals surface area contributed by atoms with Crippen molar-refractivity contribution in [3.63, 3.8) is 0 Å². The molecule has 0 aliphatic carbocycles. The number of aliphatic hydroxyl groups excluding tert-OH is 1. The fourth-order valence-corrected chi connectivity index (χ4v) is 3.66. The van der Waals surface area contributed by atoms with Crippen LogP contribution in [-0.2, 0) is 16.6 Å². The molecular weight excluding hydrogens is 376 g/mol. The summed E-state index contributed by atoms with van der Waals surface area (Å²) >= 11 is 0. The average Bonchev–Trinajstić information content (AvgIpc) is 2.68. The molecule has 0 heterocycles. The molecular formula is C21H30N2O4S. The van der Waals surface area contributed by atoms with Crippen LogP contribution in [0, 0.1) is 0 Å². The zero-order chi connectivity index (χ0) is 20.6. The van der Waals surface area contributed by atoms with Crippen molar-refractivity contribution in [2.24, 2.45) is 5.14 Å². The summed E-state index contributed by atoms with van der Waals surface area (Å²) in [5.74, 6) is 0.731. The van der Waals surface area contributed by atoms with Gasteiger partial charge in [0.1, 0.15) is 10.6 Å². The highest BCUT2D eigenvalue weighted by molar-refractivity contribution is 7.89. The van der Waals surface area contributed by atoms with Crippen molar-refractivity contribution in [3.8, 4) is 11.5 Å². The van der Waals surface area contributed by atoms with Gasteiger partial charge in [-0.15, -0.1) is 0 Å². The smallest absolute Gasteiger partial charge is 0.241 e. The van der Waals surface area contributed by atoms with E-state index in [0.717, 1.165) is 38.8 Å². The van der Waals surface area contributed by atoms with Crippen molar-refractivity contribution >= 4 is 15.7 Å². The number of unbranched alkanes of at least 4 members (excludes halogenated alkanes) is 2. The molecule has 0 saturated carbocycles. The van der Waals surface area contributed by atoms with Gasteiger partial charge in [-0.3, -0.25) is 0 Å². The van der Waals surface area contributed by atoms with E-state index < -0.39 is 10.0 Å². The van der Waals surface area contributed by atoms with Crippen molar-refractivity contribution in [2.45, 2.75) is 51.0 Å². The second-order valence-electron chi connectivity index (χ2n) is 6.75. The summed E-state index contributed by atoms with van der Waals surface area (Å²) in [4.78, 5) is 2.01. The van der Waals surface area contributed by atoms with Gasteiger partial charge >= 0.3 is 0 Å². The summed E-state index contributed by atoms with van der Waals surface area (Å²) < 4.78 is 30.7. The van der Waals surface area contributed by atoms with Gasteiger partial charge in [0.15, 0.2) is 5.75 Å². The van der Waals surface area contributed by atoms with Gasteiger partial charge < -0.3 is 14.7 Å². The first-order chi connectivity index (χ1) is 13.4. The van der Waals surface area contributed by atoms with Gasteiger partial charge in [0.05, 0.1) is 12.3 Å². The molecule has 0 aliphatic rings. The monoisotopic (exact) mass is 406 g/mol. The molecule has 0 aromatic heterocycles. The minimum Gasteiger partial charge on any atom is -0.454 e. The van der Waals surface area contributed by atoms with E-state index >= 15 is 0 Å². The number of benzene rings is 2. The quantitative estimate of drug-likeness (QED) is 0.588. The minimum absolute atomic E-state index is 0.115. The second-order valence-corrected chi connectivity index (χ2v) is 8.28. The Balaban J connectivity index is 2.64. The van der Waals surface area contributed by atoms with Crippen molar-refractivity contribution in [1.29, 1.82) is 0 Å². The van der Waals surface area contributed by atoms with Crippen LogP contribution in [0.2, 0.25) is 0 Å². The standard InChI is InChI=1S/C21H30N2O4S/c1-3-5-12-23(13-6-4-2)19-14-17(16-24)15-20(28(22,25)26)21(19)27-18-10-8-7-9-11-18/h7-11,14-15,24H,3-6,12-13,16H2,1-2H3,(H2,22,25,26). The van der Waals surface area contributed by atoms with E-state index in [0.29, 0.717) is 17.0 Å². The molecule has 6 nitrogen and oxygen atoms in total. The number of rotatable bonds is 11. The molecule has 3 N–H and O–H groups in total. The van der Waals surface area contributed by atoms with Gasteiger partial charge in [-0.05, 0) is 42.7 Å². The summed E-state index contributed by atoms with van der Waals surface area (Å²) in [6.07, 6.45) is 3.95. The number of anilines is 1. The third-order valence-electron chi connectivity index (χ3n) is 4.45. The molecule has 0 unspecified atom stereocenters. The summed E-state index contributed by atoms with van der Waals surface area (Å²) in [6.45, 7) is 5.47. The lowest BCUT2D eigenvalue weighted by molar-refractivity contribution is 0.281. The molecule has 0 fully saturated rings. The van der Waals surface area contributed by atoms with Gasteiger partial charge in [0.25, 0.3) is 0 Å². The molecule has 0 amide bonds. The first kappa shape index (κ1) is 22.2. The molecule has 0 radical (unpaired) electrons. The van der Waals surface area contributed by atoms with Crippen molar-refractivity contribution in [3.05, 3.63) is 48.0 Å². The number of sulfonamides is 1. The minimum atomic E-state index is -4.05. The molecule has 2 rings (SSSR count). The van der Waals surface area contributed by atoms with Crippen LogP contribution in [0.25, 0.3) is 0 Å². The van der Waals surface area contributed by atoms with E-state index in [9.17, 15) is 13.5 Å². The normalized spacial score (nSPS) is 11.4. The van der Waals surface area contributed by atoms with Crippen LogP contribution in [0.4, 0.5) is 5.69 Å². The van der Waals surface area contributed by atoms with Crippen LogP contribution in [0.1, 0.15) is 45.1 Å². The van der Waals surface area contributed by atoms with Crippen molar-refractivity contribution < 1.29 is 18.3 Å².